The van der Waals surface area contributed by atoms with Crippen molar-refractivity contribution in [2.75, 3.05) is 0 Å². The fourth-order valence-electron chi connectivity index (χ4n) is 2.44. The molecule has 23 heavy (non-hydrogen) atoms. The summed E-state index contributed by atoms with van der Waals surface area (Å²) in [6.45, 7) is 4.35. The summed E-state index contributed by atoms with van der Waals surface area (Å²) in [7, 11) is 1.89. The van der Waals surface area contributed by atoms with E-state index in [-0.39, 0.29) is 5.91 Å². The van der Waals surface area contributed by atoms with Crippen LogP contribution in [0.15, 0.2) is 30.3 Å². The van der Waals surface area contributed by atoms with Crippen LogP contribution in [0.1, 0.15) is 27.4 Å². The van der Waals surface area contributed by atoms with Gasteiger partial charge in [0.25, 0.3) is 5.91 Å². The normalized spacial score (nSPS) is 10.7. The molecule has 0 spiro atoms. The molecule has 3 aromatic rings. The smallest absolute Gasteiger partial charge is 0.273 e. The Morgan fingerprint density at radius 3 is 2.65 bits per heavy atom. The predicted molar refractivity (Wildman–Crippen MR) is 89.2 cm³/mol. The Morgan fingerprint density at radius 1 is 1.26 bits per heavy atom. The first kappa shape index (κ1) is 15.4. The Kier molecular flexibility index (Phi) is 4.20. The standard InChI is InChI=1S/C16H17N5OS/c1-10-13(11(2)21(3)19-10)9-17-16(22)14-15(23-20-18-14)12-7-5-4-6-8-12/h4-8H,9H2,1-3H3,(H,17,22). The van der Waals surface area contributed by atoms with Crippen molar-refractivity contribution in [2.24, 2.45) is 7.05 Å². The number of nitrogens with zero attached hydrogens (tertiary/aromatic N) is 4. The van der Waals surface area contributed by atoms with E-state index in [2.05, 4.69) is 20.0 Å². The fraction of sp³-hybridized carbons (Fsp3) is 0.250. The molecule has 1 aromatic carbocycles. The number of benzene rings is 1. The lowest BCUT2D eigenvalue weighted by atomic mass is 10.1. The topological polar surface area (TPSA) is 72.7 Å². The second-order valence-electron chi connectivity index (χ2n) is 5.27. The van der Waals surface area contributed by atoms with Crippen LogP contribution in [-0.4, -0.2) is 25.3 Å². The third-order valence-corrected chi connectivity index (χ3v) is 4.60. The summed E-state index contributed by atoms with van der Waals surface area (Å²) in [6.07, 6.45) is 0. The summed E-state index contributed by atoms with van der Waals surface area (Å²) in [5, 5.41) is 11.3. The number of nitrogens with one attached hydrogen (secondary N) is 1. The Balaban J connectivity index is 1.79. The third kappa shape index (κ3) is 3.00. The van der Waals surface area contributed by atoms with Crippen LogP contribution in [-0.2, 0) is 13.6 Å². The van der Waals surface area contributed by atoms with E-state index in [9.17, 15) is 4.79 Å². The van der Waals surface area contributed by atoms with Crippen molar-refractivity contribution in [2.45, 2.75) is 20.4 Å². The molecule has 0 fully saturated rings. The molecule has 0 aliphatic heterocycles. The fourth-order valence-corrected chi connectivity index (χ4v) is 3.11. The van der Waals surface area contributed by atoms with Gasteiger partial charge in [-0.25, -0.2) is 0 Å². The first-order valence-corrected chi connectivity index (χ1v) is 8.00. The van der Waals surface area contributed by atoms with Gasteiger partial charge in [0.2, 0.25) is 0 Å². The highest BCUT2D eigenvalue weighted by molar-refractivity contribution is 7.09. The summed E-state index contributed by atoms with van der Waals surface area (Å²) in [4.78, 5) is 13.2. The van der Waals surface area contributed by atoms with Gasteiger partial charge in [-0.3, -0.25) is 9.48 Å². The molecule has 0 saturated heterocycles. The summed E-state index contributed by atoms with van der Waals surface area (Å²) in [6, 6.07) is 9.69. The average molecular weight is 327 g/mol. The van der Waals surface area contributed by atoms with Gasteiger partial charge in [0, 0.05) is 24.8 Å². The third-order valence-electron chi connectivity index (χ3n) is 3.82. The molecule has 0 saturated carbocycles. The number of carbonyl (C=O) groups excluding carboxylic acids is 1. The number of hydrogen-bond donors (Lipinski definition) is 1. The van der Waals surface area contributed by atoms with Gasteiger partial charge >= 0.3 is 0 Å². The molecule has 0 radical (unpaired) electrons. The van der Waals surface area contributed by atoms with E-state index in [1.807, 2.05) is 55.9 Å². The van der Waals surface area contributed by atoms with Crippen LogP contribution in [0.25, 0.3) is 10.4 Å². The molecule has 0 aliphatic rings. The molecule has 0 aliphatic carbocycles. The quantitative estimate of drug-likeness (QED) is 0.799. The van der Waals surface area contributed by atoms with Crippen molar-refractivity contribution < 1.29 is 4.79 Å². The second-order valence-corrected chi connectivity index (χ2v) is 6.03. The van der Waals surface area contributed by atoms with E-state index in [1.165, 1.54) is 11.5 Å². The minimum atomic E-state index is -0.222. The minimum absolute atomic E-state index is 0.222. The van der Waals surface area contributed by atoms with Gasteiger partial charge in [0.05, 0.1) is 10.6 Å². The van der Waals surface area contributed by atoms with E-state index >= 15 is 0 Å². The van der Waals surface area contributed by atoms with E-state index < -0.39 is 0 Å². The maximum absolute atomic E-state index is 12.5. The molecular formula is C16H17N5OS. The Labute approximate surface area is 138 Å². The summed E-state index contributed by atoms with van der Waals surface area (Å²) in [5.74, 6) is -0.222. The lowest BCUT2D eigenvalue weighted by molar-refractivity contribution is 0.0946. The largest absolute Gasteiger partial charge is 0.346 e. The van der Waals surface area contributed by atoms with Gasteiger partial charge in [-0.2, -0.15) is 5.10 Å². The number of aryl methyl sites for hydroxylation is 2. The Hall–Kier alpha value is -2.54. The van der Waals surface area contributed by atoms with Crippen LogP contribution in [0.2, 0.25) is 0 Å². The molecular weight excluding hydrogens is 310 g/mol. The minimum Gasteiger partial charge on any atom is -0.346 e. The number of rotatable bonds is 4. The maximum atomic E-state index is 12.5. The first-order valence-electron chi connectivity index (χ1n) is 7.23. The van der Waals surface area contributed by atoms with E-state index in [0.29, 0.717) is 12.2 Å². The predicted octanol–water partition coefficient (Wildman–Crippen LogP) is 2.49. The van der Waals surface area contributed by atoms with Crippen molar-refractivity contribution in [3.63, 3.8) is 0 Å². The molecule has 1 N–H and O–H groups in total. The highest BCUT2D eigenvalue weighted by Gasteiger charge is 2.18. The van der Waals surface area contributed by atoms with Gasteiger partial charge < -0.3 is 5.32 Å². The van der Waals surface area contributed by atoms with E-state index in [0.717, 1.165) is 27.4 Å². The molecule has 0 unspecified atom stereocenters. The average Bonchev–Trinajstić information content (AvgIpc) is 3.13. The van der Waals surface area contributed by atoms with Crippen molar-refractivity contribution in [1.82, 2.24) is 24.7 Å². The summed E-state index contributed by atoms with van der Waals surface area (Å²) >= 11 is 1.22. The zero-order valence-corrected chi connectivity index (χ0v) is 14.0. The van der Waals surface area contributed by atoms with Crippen molar-refractivity contribution >= 4 is 17.4 Å². The van der Waals surface area contributed by atoms with E-state index in [1.54, 1.807) is 0 Å². The highest BCUT2D eigenvalue weighted by atomic mass is 32.1. The number of hydrogen-bond acceptors (Lipinski definition) is 5. The number of amides is 1. The molecule has 0 atom stereocenters. The molecule has 7 heteroatoms. The van der Waals surface area contributed by atoms with Crippen LogP contribution < -0.4 is 5.32 Å². The molecule has 6 nitrogen and oxygen atoms in total. The zero-order valence-electron chi connectivity index (χ0n) is 13.2. The molecule has 2 heterocycles. The van der Waals surface area contributed by atoms with Gasteiger partial charge in [0.1, 0.15) is 0 Å². The molecule has 3 rings (SSSR count). The van der Waals surface area contributed by atoms with E-state index in [4.69, 9.17) is 0 Å². The van der Waals surface area contributed by atoms with Crippen LogP contribution in [0.3, 0.4) is 0 Å². The van der Waals surface area contributed by atoms with Crippen molar-refractivity contribution in [3.05, 3.63) is 53.0 Å². The van der Waals surface area contributed by atoms with Gasteiger partial charge in [0.15, 0.2) is 5.69 Å². The molecule has 118 valence electrons. The van der Waals surface area contributed by atoms with Crippen molar-refractivity contribution in [1.29, 1.82) is 0 Å². The van der Waals surface area contributed by atoms with Gasteiger partial charge in [-0.05, 0) is 30.9 Å². The Bertz CT molecular complexity index is 838. The number of aromatic nitrogens is 4. The molecule has 0 bridgehead atoms. The van der Waals surface area contributed by atoms with Crippen LogP contribution in [0.5, 0.6) is 0 Å². The van der Waals surface area contributed by atoms with Crippen molar-refractivity contribution in [3.8, 4) is 10.4 Å². The van der Waals surface area contributed by atoms with Crippen LogP contribution in [0.4, 0.5) is 0 Å². The molecule has 1 amide bonds. The summed E-state index contributed by atoms with van der Waals surface area (Å²) in [5.41, 5.74) is 4.31. The van der Waals surface area contributed by atoms with Gasteiger partial charge in [-0.1, -0.05) is 34.8 Å². The molecule has 2 aromatic heterocycles. The SMILES string of the molecule is Cc1nn(C)c(C)c1CNC(=O)c1nnsc1-c1ccccc1. The summed E-state index contributed by atoms with van der Waals surface area (Å²) < 4.78 is 5.74. The first-order chi connectivity index (χ1) is 11.1. The second kappa shape index (κ2) is 6.29. The van der Waals surface area contributed by atoms with Gasteiger partial charge in [-0.15, -0.1) is 5.10 Å². The lowest BCUT2D eigenvalue weighted by Gasteiger charge is -2.05. The maximum Gasteiger partial charge on any atom is 0.273 e. The number of carbonyl (C=O) groups is 1. The monoisotopic (exact) mass is 327 g/mol. The van der Waals surface area contributed by atoms with Crippen LogP contribution >= 0.6 is 11.5 Å². The Morgan fingerprint density at radius 2 is 2.00 bits per heavy atom. The lowest BCUT2D eigenvalue weighted by Crippen LogP contribution is -2.24. The highest BCUT2D eigenvalue weighted by Crippen LogP contribution is 2.25. The zero-order chi connectivity index (χ0) is 16.4. The van der Waals surface area contributed by atoms with Crippen LogP contribution in [0, 0.1) is 13.8 Å².